The van der Waals surface area contributed by atoms with E-state index in [4.69, 9.17) is 0 Å². The number of rotatable bonds is 3. The third-order valence-electron chi connectivity index (χ3n) is 5.78. The average Bonchev–Trinajstić information content (AvgIpc) is 2.76. The molecule has 0 aliphatic carbocycles. The molecule has 2 amide bonds. The number of nitrogens with zero attached hydrogens (tertiary/aromatic N) is 3. The van der Waals surface area contributed by atoms with Crippen molar-refractivity contribution < 1.29 is 32.1 Å². The highest BCUT2D eigenvalue weighted by atomic mass is 19.4. The number of hydrogen-bond donors (Lipinski definition) is 1. The van der Waals surface area contributed by atoms with Crippen LogP contribution in [0.3, 0.4) is 0 Å². The van der Waals surface area contributed by atoms with Crippen LogP contribution in [-0.4, -0.2) is 47.8 Å². The van der Waals surface area contributed by atoms with Crippen LogP contribution in [0.4, 0.5) is 34.6 Å². The number of halogens is 4. The first-order chi connectivity index (χ1) is 15.5. The third-order valence-corrected chi connectivity index (χ3v) is 5.78. The number of benzene rings is 2. The first kappa shape index (κ1) is 22.5. The molecule has 1 saturated heterocycles. The smallest absolute Gasteiger partial charge is 0.362 e. The fourth-order valence-corrected chi connectivity index (χ4v) is 4.16. The van der Waals surface area contributed by atoms with E-state index in [1.165, 1.54) is 17.0 Å². The van der Waals surface area contributed by atoms with Crippen LogP contribution < -0.4 is 10.2 Å². The number of nitrogens with one attached hydrogen (secondary N) is 1. The van der Waals surface area contributed by atoms with E-state index in [0.717, 1.165) is 18.2 Å². The summed E-state index contributed by atoms with van der Waals surface area (Å²) >= 11 is 0. The fourth-order valence-electron chi connectivity index (χ4n) is 4.16. The second kappa shape index (κ2) is 8.34. The first-order valence-electron chi connectivity index (χ1n) is 10.0. The summed E-state index contributed by atoms with van der Waals surface area (Å²) in [5.41, 5.74) is -0.995. The largest absolute Gasteiger partial charge is 0.416 e. The molecule has 0 saturated carbocycles. The quantitative estimate of drug-likeness (QED) is 0.424. The first-order valence-corrected chi connectivity index (χ1v) is 10.0. The predicted molar refractivity (Wildman–Crippen MR) is 109 cm³/mol. The Morgan fingerprint density at radius 2 is 1.79 bits per heavy atom. The Bertz CT molecular complexity index is 1130. The molecule has 0 aromatic heterocycles. The Kier molecular flexibility index (Phi) is 5.68. The maximum atomic E-state index is 13.5. The molecule has 33 heavy (non-hydrogen) atoms. The van der Waals surface area contributed by atoms with Gasteiger partial charge < -0.3 is 15.1 Å². The summed E-state index contributed by atoms with van der Waals surface area (Å²) in [7, 11) is 0. The van der Waals surface area contributed by atoms with Gasteiger partial charge in [-0.25, -0.2) is 4.39 Å². The van der Waals surface area contributed by atoms with Crippen molar-refractivity contribution in [3.8, 4) is 0 Å². The molecule has 1 N–H and O–H groups in total. The maximum Gasteiger partial charge on any atom is 0.416 e. The van der Waals surface area contributed by atoms with Crippen LogP contribution >= 0.6 is 0 Å². The molecule has 1 atom stereocenters. The average molecular weight is 466 g/mol. The minimum absolute atomic E-state index is 0.0398. The van der Waals surface area contributed by atoms with Crippen molar-refractivity contribution in [3.63, 3.8) is 0 Å². The van der Waals surface area contributed by atoms with Crippen LogP contribution in [-0.2, 0) is 15.8 Å². The maximum absolute atomic E-state index is 13.5. The Hall–Kier alpha value is -3.70. The lowest BCUT2D eigenvalue weighted by atomic mass is 9.89. The number of nitro benzene ring substituents is 1. The summed E-state index contributed by atoms with van der Waals surface area (Å²) in [4.78, 5) is 38.7. The van der Waals surface area contributed by atoms with Gasteiger partial charge in [-0.1, -0.05) is 6.07 Å². The lowest BCUT2D eigenvalue weighted by Crippen LogP contribution is -2.50. The molecule has 2 heterocycles. The van der Waals surface area contributed by atoms with Gasteiger partial charge in [0.1, 0.15) is 11.5 Å². The number of nitro groups is 1. The van der Waals surface area contributed by atoms with Crippen LogP contribution in [0.5, 0.6) is 0 Å². The molecule has 2 aromatic rings. The highest BCUT2D eigenvalue weighted by Crippen LogP contribution is 2.38. The molecule has 12 heteroatoms. The van der Waals surface area contributed by atoms with Crippen LogP contribution in [0.15, 0.2) is 36.4 Å². The number of piperazine rings is 1. The minimum atomic E-state index is -4.71. The summed E-state index contributed by atoms with van der Waals surface area (Å²) in [6, 6.07) is 6.16. The zero-order valence-corrected chi connectivity index (χ0v) is 17.1. The summed E-state index contributed by atoms with van der Waals surface area (Å²) in [5, 5.41) is 13.9. The number of amides is 2. The van der Waals surface area contributed by atoms with E-state index < -0.39 is 40.0 Å². The van der Waals surface area contributed by atoms with E-state index in [9.17, 15) is 37.3 Å². The SMILES string of the molecule is O=C1C[C@@H](C(=O)N2CCN(c3ccc(C(F)(F)F)cc3[N+](=O)[O-])CC2)c2ccc(F)cc2N1. The molecule has 1 fully saturated rings. The predicted octanol–water partition coefficient (Wildman–Crippen LogP) is 3.53. The van der Waals surface area contributed by atoms with Crippen molar-refractivity contribution in [2.45, 2.75) is 18.5 Å². The van der Waals surface area contributed by atoms with Gasteiger partial charge in [-0.15, -0.1) is 0 Å². The van der Waals surface area contributed by atoms with E-state index in [1.54, 1.807) is 4.90 Å². The summed E-state index contributed by atoms with van der Waals surface area (Å²) in [5.74, 6) is -2.08. The van der Waals surface area contributed by atoms with Gasteiger partial charge in [0.15, 0.2) is 0 Å². The van der Waals surface area contributed by atoms with Gasteiger partial charge in [-0.05, 0) is 29.8 Å². The molecule has 2 aliphatic rings. The molecule has 2 aliphatic heterocycles. The Morgan fingerprint density at radius 1 is 1.09 bits per heavy atom. The Balaban J connectivity index is 1.50. The molecule has 0 bridgehead atoms. The standard InChI is InChI=1S/C21H18F4N4O4/c22-13-2-3-14-15(11-19(30)26-16(14)10-13)20(31)28-7-5-27(6-8-28)17-4-1-12(21(23,24)25)9-18(17)29(32)33/h1-4,9-10,15H,5-8,11H2,(H,26,30)/t15-/m1/s1. The van der Waals surface area contributed by atoms with Crippen molar-refractivity contribution in [2.75, 3.05) is 36.4 Å². The zero-order chi connectivity index (χ0) is 23.9. The van der Waals surface area contributed by atoms with E-state index in [0.29, 0.717) is 11.6 Å². The van der Waals surface area contributed by atoms with Crippen molar-refractivity contribution in [1.82, 2.24) is 4.90 Å². The second-order valence-electron chi connectivity index (χ2n) is 7.81. The summed E-state index contributed by atoms with van der Waals surface area (Å²) in [6.45, 7) is 0.636. The van der Waals surface area contributed by atoms with Gasteiger partial charge in [-0.3, -0.25) is 19.7 Å². The van der Waals surface area contributed by atoms with E-state index in [1.807, 2.05) is 0 Å². The van der Waals surface area contributed by atoms with Crippen molar-refractivity contribution in [1.29, 1.82) is 0 Å². The molecule has 4 rings (SSSR count). The Labute approximate surface area is 184 Å². The van der Waals surface area contributed by atoms with E-state index in [2.05, 4.69) is 5.32 Å². The number of fused-ring (bicyclic) bond motifs is 1. The van der Waals surface area contributed by atoms with Crippen molar-refractivity contribution >= 4 is 28.9 Å². The van der Waals surface area contributed by atoms with E-state index in [-0.39, 0.29) is 49.9 Å². The molecular formula is C21H18F4N4O4. The van der Waals surface area contributed by atoms with E-state index >= 15 is 0 Å². The van der Waals surface area contributed by atoms with Crippen LogP contribution in [0.2, 0.25) is 0 Å². The van der Waals surface area contributed by atoms with Crippen LogP contribution in [0.1, 0.15) is 23.5 Å². The number of carbonyl (C=O) groups excluding carboxylic acids is 2. The van der Waals surface area contributed by atoms with Gasteiger partial charge in [0.05, 0.1) is 16.4 Å². The lowest BCUT2D eigenvalue weighted by molar-refractivity contribution is -0.384. The zero-order valence-electron chi connectivity index (χ0n) is 17.1. The third kappa shape index (κ3) is 4.45. The lowest BCUT2D eigenvalue weighted by Gasteiger charge is -2.38. The number of carbonyl (C=O) groups is 2. The highest BCUT2D eigenvalue weighted by Gasteiger charge is 2.37. The molecule has 174 valence electrons. The number of hydrogen-bond acceptors (Lipinski definition) is 5. The van der Waals surface area contributed by atoms with Crippen LogP contribution in [0.25, 0.3) is 0 Å². The number of alkyl halides is 3. The number of anilines is 2. The molecule has 8 nitrogen and oxygen atoms in total. The molecular weight excluding hydrogens is 448 g/mol. The monoisotopic (exact) mass is 466 g/mol. The molecule has 0 spiro atoms. The van der Waals surface area contributed by atoms with Crippen LogP contribution in [0, 0.1) is 15.9 Å². The normalized spacial score (nSPS) is 18.5. The topological polar surface area (TPSA) is 95.8 Å². The second-order valence-corrected chi connectivity index (χ2v) is 7.81. The van der Waals surface area contributed by atoms with Gasteiger partial charge in [0, 0.05) is 44.4 Å². The van der Waals surface area contributed by atoms with Gasteiger partial charge >= 0.3 is 6.18 Å². The molecule has 2 aromatic carbocycles. The Morgan fingerprint density at radius 3 is 2.42 bits per heavy atom. The van der Waals surface area contributed by atoms with Gasteiger partial charge in [-0.2, -0.15) is 13.2 Å². The molecule has 0 unspecified atom stereocenters. The van der Waals surface area contributed by atoms with Gasteiger partial charge in [0.2, 0.25) is 11.8 Å². The fraction of sp³-hybridized carbons (Fsp3) is 0.333. The minimum Gasteiger partial charge on any atom is -0.362 e. The summed E-state index contributed by atoms with van der Waals surface area (Å²) in [6.07, 6.45) is -4.80. The summed E-state index contributed by atoms with van der Waals surface area (Å²) < 4.78 is 52.4. The van der Waals surface area contributed by atoms with Crippen molar-refractivity contribution in [3.05, 3.63) is 63.5 Å². The molecule has 0 radical (unpaired) electrons. The highest BCUT2D eigenvalue weighted by molar-refractivity contribution is 6.01. The van der Waals surface area contributed by atoms with Crippen molar-refractivity contribution in [2.24, 2.45) is 0 Å². The van der Waals surface area contributed by atoms with Gasteiger partial charge in [0.25, 0.3) is 5.69 Å².